The normalized spacial score (nSPS) is 11.5. The van der Waals surface area contributed by atoms with Crippen LogP contribution in [0.3, 0.4) is 0 Å². The third-order valence-electron chi connectivity index (χ3n) is 12.4. The van der Waals surface area contributed by atoms with Crippen LogP contribution in [0.4, 0.5) is 17.1 Å². The second-order valence-electron chi connectivity index (χ2n) is 16.1. The zero-order valence-electron chi connectivity index (χ0n) is 34.4. The molecule has 0 spiro atoms. The summed E-state index contributed by atoms with van der Waals surface area (Å²) in [7, 11) is 0. The Balaban J connectivity index is 0.950. The number of furan rings is 1. The van der Waals surface area contributed by atoms with Gasteiger partial charge in [0.25, 0.3) is 0 Å². The smallest absolute Gasteiger partial charge is 0.136 e. The van der Waals surface area contributed by atoms with E-state index in [9.17, 15) is 0 Å². The number of anilines is 3. The molecular weight excluding hydrogens is 765 g/mol. The number of fused-ring (bicyclic) bond motifs is 6. The Morgan fingerprint density at radius 2 is 0.778 bits per heavy atom. The summed E-state index contributed by atoms with van der Waals surface area (Å²) in [6.45, 7) is 0. The van der Waals surface area contributed by atoms with Crippen LogP contribution in [-0.2, 0) is 0 Å². The van der Waals surface area contributed by atoms with Crippen molar-refractivity contribution in [2.75, 3.05) is 4.90 Å². The molecule has 296 valence electrons. The van der Waals surface area contributed by atoms with Crippen LogP contribution in [0.2, 0.25) is 0 Å². The first-order valence-corrected chi connectivity index (χ1v) is 21.5. The van der Waals surface area contributed by atoms with Crippen molar-refractivity contribution in [3.63, 3.8) is 0 Å². The molecular formula is C60H40N2O. The molecule has 0 saturated carbocycles. The van der Waals surface area contributed by atoms with Gasteiger partial charge in [0.1, 0.15) is 11.2 Å². The fourth-order valence-corrected chi connectivity index (χ4v) is 9.44. The molecule has 0 N–H and O–H groups in total. The SMILES string of the molecule is c1ccc(-c2cccc(-c3ccc(N(c4ccc(-c5ccc(-n6c7ccccc7c7ccccc76)cc5)cc4)c4ccccc4-c4cccc5oc6ccccc6c45)cc3)c2)cc1. The molecule has 3 heteroatoms. The van der Waals surface area contributed by atoms with Crippen LogP contribution >= 0.6 is 0 Å². The predicted octanol–water partition coefficient (Wildman–Crippen LogP) is 16.8. The van der Waals surface area contributed by atoms with Crippen molar-refractivity contribution in [2.45, 2.75) is 0 Å². The lowest BCUT2D eigenvalue weighted by Crippen LogP contribution is -2.11. The fraction of sp³-hybridized carbons (Fsp3) is 0. The quantitative estimate of drug-likeness (QED) is 0.153. The van der Waals surface area contributed by atoms with E-state index in [1.54, 1.807) is 0 Å². The molecule has 0 aliphatic rings. The molecule has 0 atom stereocenters. The molecule has 0 fully saturated rings. The Kier molecular flexibility index (Phi) is 8.83. The summed E-state index contributed by atoms with van der Waals surface area (Å²) in [4.78, 5) is 2.38. The van der Waals surface area contributed by atoms with Gasteiger partial charge in [-0.2, -0.15) is 0 Å². The number of benzene rings is 10. The summed E-state index contributed by atoms with van der Waals surface area (Å²) in [5, 5.41) is 4.76. The van der Waals surface area contributed by atoms with Crippen molar-refractivity contribution in [3.8, 4) is 50.2 Å². The van der Waals surface area contributed by atoms with Gasteiger partial charge in [0.15, 0.2) is 0 Å². The molecule has 10 aromatic carbocycles. The molecule has 3 nitrogen and oxygen atoms in total. The second kappa shape index (κ2) is 15.3. The van der Waals surface area contributed by atoms with Crippen LogP contribution in [0.5, 0.6) is 0 Å². The highest BCUT2D eigenvalue weighted by atomic mass is 16.3. The summed E-state index contributed by atoms with van der Waals surface area (Å²) in [6, 6.07) is 87.1. The van der Waals surface area contributed by atoms with Crippen LogP contribution in [0.1, 0.15) is 0 Å². The minimum absolute atomic E-state index is 0.880. The van der Waals surface area contributed by atoms with Crippen molar-refractivity contribution in [1.29, 1.82) is 0 Å². The third-order valence-corrected chi connectivity index (χ3v) is 12.4. The van der Waals surface area contributed by atoms with E-state index in [4.69, 9.17) is 4.42 Å². The van der Waals surface area contributed by atoms with E-state index in [0.717, 1.165) is 61.4 Å². The molecule has 0 aliphatic carbocycles. The van der Waals surface area contributed by atoms with Gasteiger partial charge in [0.05, 0.1) is 16.7 Å². The van der Waals surface area contributed by atoms with Gasteiger partial charge in [-0.15, -0.1) is 0 Å². The summed E-state index contributed by atoms with van der Waals surface area (Å²) in [6.07, 6.45) is 0. The zero-order valence-corrected chi connectivity index (χ0v) is 34.4. The summed E-state index contributed by atoms with van der Waals surface area (Å²) in [5.74, 6) is 0. The maximum absolute atomic E-state index is 6.38. The molecule has 0 unspecified atom stereocenters. The van der Waals surface area contributed by atoms with Gasteiger partial charge in [-0.25, -0.2) is 0 Å². The van der Waals surface area contributed by atoms with Crippen molar-refractivity contribution in [1.82, 2.24) is 4.57 Å². The van der Waals surface area contributed by atoms with Gasteiger partial charge in [-0.1, -0.05) is 170 Å². The standard InChI is InChI=1S/C60H40N2O/c1-2-14-41(15-3-1)45-16-12-17-46(40-45)44-32-36-48(37-33-44)61(55-23-8-6-20-52(55)53-22-13-27-59-60(53)54-21-7-11-26-58(54)63-59)47-34-28-42(29-35-47)43-30-38-49(39-31-43)62-56-24-9-4-18-50(56)51-19-5-10-25-57(51)62/h1-40H. The summed E-state index contributed by atoms with van der Waals surface area (Å²) < 4.78 is 8.75. The largest absolute Gasteiger partial charge is 0.456 e. The van der Waals surface area contributed by atoms with Crippen LogP contribution in [0.15, 0.2) is 247 Å². The van der Waals surface area contributed by atoms with E-state index >= 15 is 0 Å². The van der Waals surface area contributed by atoms with Crippen LogP contribution in [0.25, 0.3) is 93.9 Å². The highest BCUT2D eigenvalue weighted by Gasteiger charge is 2.21. The van der Waals surface area contributed by atoms with Gasteiger partial charge in [0, 0.05) is 44.2 Å². The molecule has 2 heterocycles. The van der Waals surface area contributed by atoms with Gasteiger partial charge in [-0.05, 0) is 112 Å². The van der Waals surface area contributed by atoms with Crippen molar-refractivity contribution in [2.24, 2.45) is 0 Å². The van der Waals surface area contributed by atoms with Gasteiger partial charge < -0.3 is 13.9 Å². The molecule has 12 aromatic rings. The predicted molar refractivity (Wildman–Crippen MR) is 264 cm³/mol. The number of aromatic nitrogens is 1. The Hall–Kier alpha value is -8.40. The number of rotatable bonds is 8. The van der Waals surface area contributed by atoms with Crippen molar-refractivity contribution in [3.05, 3.63) is 243 Å². The lowest BCUT2D eigenvalue weighted by atomic mass is 9.96. The minimum atomic E-state index is 0.880. The molecule has 63 heavy (non-hydrogen) atoms. The zero-order chi connectivity index (χ0) is 41.7. The topological polar surface area (TPSA) is 21.3 Å². The Labute approximate surface area is 366 Å². The first kappa shape index (κ1) is 36.5. The number of nitrogens with zero attached hydrogens (tertiary/aromatic N) is 2. The Bertz CT molecular complexity index is 3550. The molecule has 0 bridgehead atoms. The monoisotopic (exact) mass is 804 g/mol. The van der Waals surface area contributed by atoms with E-state index in [-0.39, 0.29) is 0 Å². The number of hydrogen-bond acceptors (Lipinski definition) is 2. The second-order valence-corrected chi connectivity index (χ2v) is 16.1. The third kappa shape index (κ3) is 6.38. The Morgan fingerprint density at radius 3 is 1.44 bits per heavy atom. The Morgan fingerprint density at radius 1 is 0.317 bits per heavy atom. The molecule has 12 rings (SSSR count). The molecule has 0 radical (unpaired) electrons. The van der Waals surface area contributed by atoms with Crippen LogP contribution < -0.4 is 4.90 Å². The first-order chi connectivity index (χ1) is 31.2. The van der Waals surface area contributed by atoms with Crippen molar-refractivity contribution >= 4 is 60.8 Å². The number of para-hydroxylation sites is 4. The van der Waals surface area contributed by atoms with Crippen LogP contribution in [0, 0.1) is 0 Å². The average molecular weight is 805 g/mol. The lowest BCUT2D eigenvalue weighted by Gasteiger charge is -2.28. The van der Waals surface area contributed by atoms with Crippen molar-refractivity contribution < 1.29 is 4.42 Å². The maximum atomic E-state index is 6.38. The first-order valence-electron chi connectivity index (χ1n) is 21.5. The lowest BCUT2D eigenvalue weighted by molar-refractivity contribution is 0.669. The highest BCUT2D eigenvalue weighted by Crippen LogP contribution is 2.45. The van der Waals surface area contributed by atoms with Gasteiger partial charge >= 0.3 is 0 Å². The highest BCUT2D eigenvalue weighted by molar-refractivity contribution is 6.14. The summed E-state index contributed by atoms with van der Waals surface area (Å²) >= 11 is 0. The fourth-order valence-electron chi connectivity index (χ4n) is 9.44. The van der Waals surface area contributed by atoms with E-state index in [1.807, 2.05) is 12.1 Å². The van der Waals surface area contributed by atoms with Gasteiger partial charge in [-0.3, -0.25) is 0 Å². The molecule has 2 aromatic heterocycles. The average Bonchev–Trinajstić information content (AvgIpc) is 3.91. The molecule has 0 amide bonds. The van der Waals surface area contributed by atoms with E-state index in [2.05, 4.69) is 240 Å². The van der Waals surface area contributed by atoms with E-state index < -0.39 is 0 Å². The molecule has 0 aliphatic heterocycles. The van der Waals surface area contributed by atoms with E-state index in [0.29, 0.717) is 0 Å². The van der Waals surface area contributed by atoms with Gasteiger partial charge in [0.2, 0.25) is 0 Å². The summed E-state index contributed by atoms with van der Waals surface area (Å²) in [5.41, 5.74) is 17.9. The van der Waals surface area contributed by atoms with E-state index in [1.165, 1.54) is 49.6 Å². The minimum Gasteiger partial charge on any atom is -0.456 e. The maximum Gasteiger partial charge on any atom is 0.136 e. The van der Waals surface area contributed by atoms with Crippen LogP contribution in [-0.4, -0.2) is 4.57 Å². The molecule has 0 saturated heterocycles. The number of hydrogen-bond donors (Lipinski definition) is 0.